The summed E-state index contributed by atoms with van der Waals surface area (Å²) >= 11 is 0. The largest absolute Gasteiger partial charge is 0.486 e. The molecule has 0 aliphatic heterocycles. The summed E-state index contributed by atoms with van der Waals surface area (Å²) in [4.78, 5) is 10.9. The zero-order valence-electron chi connectivity index (χ0n) is 11.7. The van der Waals surface area contributed by atoms with Crippen LogP contribution in [0.1, 0.15) is 40.8 Å². The molecule has 0 saturated carbocycles. The Morgan fingerprint density at radius 1 is 1.30 bits per heavy atom. The Morgan fingerprint density at radius 3 is 2.55 bits per heavy atom. The summed E-state index contributed by atoms with van der Waals surface area (Å²) in [6.07, 6.45) is 2.17. The van der Waals surface area contributed by atoms with Gasteiger partial charge in [0.2, 0.25) is 5.76 Å². The summed E-state index contributed by atoms with van der Waals surface area (Å²) in [6, 6.07) is 9.59. The van der Waals surface area contributed by atoms with Crippen molar-refractivity contribution in [3.05, 3.63) is 53.0 Å². The molecule has 106 valence electrons. The predicted octanol–water partition coefficient (Wildman–Crippen LogP) is 3.82. The van der Waals surface area contributed by atoms with E-state index in [0.717, 1.165) is 18.6 Å². The summed E-state index contributed by atoms with van der Waals surface area (Å²) in [5.74, 6) is 0.174. The van der Waals surface area contributed by atoms with E-state index in [1.165, 1.54) is 5.56 Å². The highest BCUT2D eigenvalue weighted by Crippen LogP contribution is 2.18. The number of rotatable bonds is 6. The molecule has 0 aliphatic carbocycles. The van der Waals surface area contributed by atoms with E-state index >= 15 is 0 Å². The zero-order chi connectivity index (χ0) is 14.5. The lowest BCUT2D eigenvalue weighted by molar-refractivity contribution is 0.0657. The molecule has 0 saturated heterocycles. The van der Waals surface area contributed by atoms with Gasteiger partial charge in [-0.1, -0.05) is 25.5 Å². The standard InChI is InChI=1S/C16H18O4/c1-3-4-12-5-7-13(8-6-12)19-10-14-9-11(2)15(20-14)16(17)18/h5-9H,3-4,10H2,1-2H3,(H,17,18). The number of hydrogen-bond donors (Lipinski definition) is 1. The van der Waals surface area contributed by atoms with Gasteiger partial charge in [0.05, 0.1) is 0 Å². The predicted molar refractivity (Wildman–Crippen MR) is 75.2 cm³/mol. The summed E-state index contributed by atoms with van der Waals surface area (Å²) in [7, 11) is 0. The van der Waals surface area contributed by atoms with Gasteiger partial charge in [-0.25, -0.2) is 4.79 Å². The van der Waals surface area contributed by atoms with E-state index < -0.39 is 5.97 Å². The smallest absolute Gasteiger partial charge is 0.372 e. The van der Waals surface area contributed by atoms with Crippen molar-refractivity contribution in [2.45, 2.75) is 33.3 Å². The molecule has 4 nitrogen and oxygen atoms in total. The highest BCUT2D eigenvalue weighted by molar-refractivity contribution is 5.86. The fourth-order valence-electron chi connectivity index (χ4n) is 2.03. The number of carboxylic acid groups (broad SMARTS) is 1. The Kier molecular flexibility index (Phi) is 4.45. The minimum Gasteiger partial charge on any atom is -0.486 e. The Morgan fingerprint density at radius 2 is 2.00 bits per heavy atom. The average Bonchev–Trinajstić information content (AvgIpc) is 2.80. The third kappa shape index (κ3) is 3.41. The van der Waals surface area contributed by atoms with Gasteiger partial charge in [0, 0.05) is 5.56 Å². The molecule has 0 atom stereocenters. The van der Waals surface area contributed by atoms with Gasteiger partial charge < -0.3 is 14.3 Å². The summed E-state index contributed by atoms with van der Waals surface area (Å²) in [5.41, 5.74) is 1.89. The van der Waals surface area contributed by atoms with Gasteiger partial charge in [-0.15, -0.1) is 0 Å². The molecule has 0 aliphatic rings. The molecule has 1 aromatic heterocycles. The zero-order valence-corrected chi connectivity index (χ0v) is 11.7. The van der Waals surface area contributed by atoms with E-state index in [9.17, 15) is 4.79 Å². The average molecular weight is 274 g/mol. The van der Waals surface area contributed by atoms with E-state index in [2.05, 4.69) is 6.92 Å². The van der Waals surface area contributed by atoms with Crippen LogP contribution < -0.4 is 4.74 Å². The highest BCUT2D eigenvalue weighted by atomic mass is 16.5. The first kappa shape index (κ1) is 14.2. The summed E-state index contributed by atoms with van der Waals surface area (Å²) in [6.45, 7) is 4.07. The van der Waals surface area contributed by atoms with Gasteiger partial charge in [-0.2, -0.15) is 0 Å². The number of carboxylic acids is 1. The van der Waals surface area contributed by atoms with Crippen molar-refractivity contribution >= 4 is 5.97 Å². The number of aryl methyl sites for hydroxylation is 2. The van der Waals surface area contributed by atoms with Gasteiger partial charge in [0.15, 0.2) is 0 Å². The SMILES string of the molecule is CCCc1ccc(OCc2cc(C)c(C(=O)O)o2)cc1. The normalized spacial score (nSPS) is 10.5. The van der Waals surface area contributed by atoms with Gasteiger partial charge in [0.25, 0.3) is 0 Å². The van der Waals surface area contributed by atoms with E-state index in [1.54, 1.807) is 13.0 Å². The Labute approximate surface area is 118 Å². The third-order valence-corrected chi connectivity index (χ3v) is 3.01. The topological polar surface area (TPSA) is 59.7 Å². The first-order valence-corrected chi connectivity index (χ1v) is 6.64. The fourth-order valence-corrected chi connectivity index (χ4v) is 2.03. The van der Waals surface area contributed by atoms with Gasteiger partial charge in [0.1, 0.15) is 18.1 Å². The summed E-state index contributed by atoms with van der Waals surface area (Å²) in [5, 5.41) is 8.91. The van der Waals surface area contributed by atoms with Crippen LogP contribution in [0, 0.1) is 6.92 Å². The van der Waals surface area contributed by atoms with Crippen LogP contribution >= 0.6 is 0 Å². The lowest BCUT2D eigenvalue weighted by Crippen LogP contribution is -1.96. The van der Waals surface area contributed by atoms with Crippen LogP contribution in [0.2, 0.25) is 0 Å². The van der Waals surface area contributed by atoms with Crippen molar-refractivity contribution < 1.29 is 19.1 Å². The van der Waals surface area contributed by atoms with Gasteiger partial charge >= 0.3 is 5.97 Å². The van der Waals surface area contributed by atoms with Crippen LogP contribution in [0.15, 0.2) is 34.7 Å². The second-order valence-electron chi connectivity index (χ2n) is 4.71. The number of furan rings is 1. The molecule has 0 bridgehead atoms. The molecule has 2 aromatic rings. The molecular formula is C16H18O4. The van der Waals surface area contributed by atoms with E-state index in [1.807, 2.05) is 24.3 Å². The fraction of sp³-hybridized carbons (Fsp3) is 0.312. The second-order valence-corrected chi connectivity index (χ2v) is 4.71. The van der Waals surface area contributed by atoms with Crippen LogP contribution in [0.4, 0.5) is 0 Å². The summed E-state index contributed by atoms with van der Waals surface area (Å²) < 4.78 is 10.8. The molecule has 1 N–H and O–H groups in total. The van der Waals surface area contributed by atoms with E-state index in [0.29, 0.717) is 11.3 Å². The van der Waals surface area contributed by atoms with E-state index in [4.69, 9.17) is 14.3 Å². The molecular weight excluding hydrogens is 256 g/mol. The molecule has 0 unspecified atom stereocenters. The van der Waals surface area contributed by atoms with Crippen LogP contribution in [-0.2, 0) is 13.0 Å². The van der Waals surface area contributed by atoms with Crippen LogP contribution in [-0.4, -0.2) is 11.1 Å². The Hall–Kier alpha value is -2.23. The van der Waals surface area contributed by atoms with Crippen molar-refractivity contribution in [3.8, 4) is 5.75 Å². The highest BCUT2D eigenvalue weighted by Gasteiger charge is 2.14. The molecule has 20 heavy (non-hydrogen) atoms. The second kappa shape index (κ2) is 6.28. The molecule has 0 fully saturated rings. The minimum atomic E-state index is -1.06. The van der Waals surface area contributed by atoms with Crippen molar-refractivity contribution in [2.75, 3.05) is 0 Å². The Balaban J connectivity index is 1.98. The van der Waals surface area contributed by atoms with Crippen molar-refractivity contribution in [1.29, 1.82) is 0 Å². The quantitative estimate of drug-likeness (QED) is 0.870. The lowest BCUT2D eigenvalue weighted by atomic mass is 10.1. The molecule has 0 spiro atoms. The van der Waals surface area contributed by atoms with Crippen molar-refractivity contribution in [1.82, 2.24) is 0 Å². The van der Waals surface area contributed by atoms with E-state index in [-0.39, 0.29) is 12.4 Å². The lowest BCUT2D eigenvalue weighted by Gasteiger charge is -2.05. The number of ether oxygens (including phenoxy) is 1. The molecule has 1 heterocycles. The molecule has 1 aromatic carbocycles. The van der Waals surface area contributed by atoms with Crippen molar-refractivity contribution in [3.63, 3.8) is 0 Å². The maximum atomic E-state index is 10.9. The number of hydrogen-bond acceptors (Lipinski definition) is 3. The Bertz CT molecular complexity index is 581. The maximum Gasteiger partial charge on any atom is 0.372 e. The third-order valence-electron chi connectivity index (χ3n) is 3.01. The van der Waals surface area contributed by atoms with Crippen LogP contribution in [0.5, 0.6) is 5.75 Å². The first-order valence-electron chi connectivity index (χ1n) is 6.64. The maximum absolute atomic E-state index is 10.9. The number of carbonyl (C=O) groups is 1. The van der Waals surface area contributed by atoms with Crippen molar-refractivity contribution in [2.24, 2.45) is 0 Å². The molecule has 2 rings (SSSR count). The van der Waals surface area contributed by atoms with Crippen LogP contribution in [0.3, 0.4) is 0 Å². The van der Waals surface area contributed by atoms with Crippen LogP contribution in [0.25, 0.3) is 0 Å². The molecule has 0 radical (unpaired) electrons. The monoisotopic (exact) mass is 274 g/mol. The number of aromatic carboxylic acids is 1. The number of benzene rings is 1. The molecule has 4 heteroatoms. The first-order chi connectivity index (χ1) is 9.60. The minimum absolute atomic E-state index is 0.0260. The van der Waals surface area contributed by atoms with Gasteiger partial charge in [-0.05, 0) is 37.1 Å². The van der Waals surface area contributed by atoms with Gasteiger partial charge in [-0.3, -0.25) is 0 Å². The molecule has 0 amide bonds.